The number of nitrogens with one attached hydrogen (secondary N) is 2. The summed E-state index contributed by atoms with van der Waals surface area (Å²) in [5.74, 6) is 0.173. The molecule has 1 unspecified atom stereocenters. The van der Waals surface area contributed by atoms with Gasteiger partial charge in [-0.1, -0.05) is 27.2 Å². The highest BCUT2D eigenvalue weighted by Crippen LogP contribution is 2.08. The van der Waals surface area contributed by atoms with Gasteiger partial charge in [0.1, 0.15) is 0 Å². The molecule has 19 heavy (non-hydrogen) atoms. The topological polar surface area (TPSA) is 44.4 Å². The highest BCUT2D eigenvalue weighted by Gasteiger charge is 2.18. The molecule has 1 rings (SSSR count). The summed E-state index contributed by atoms with van der Waals surface area (Å²) in [4.78, 5) is 14.3. The minimum absolute atomic E-state index is 0.173. The Hall–Kier alpha value is -0.610. The van der Waals surface area contributed by atoms with E-state index < -0.39 is 0 Å². The Bertz CT molecular complexity index is 248. The molecule has 1 aliphatic rings. The Balaban J connectivity index is 2.31. The molecule has 0 aliphatic carbocycles. The van der Waals surface area contributed by atoms with Crippen molar-refractivity contribution in [2.24, 2.45) is 0 Å². The Kier molecular flexibility index (Phi) is 8.07. The number of amides is 1. The molecule has 4 heteroatoms. The first-order chi connectivity index (χ1) is 9.19. The van der Waals surface area contributed by atoms with E-state index in [2.05, 4.69) is 36.3 Å². The van der Waals surface area contributed by atoms with E-state index in [1.807, 2.05) is 0 Å². The lowest BCUT2D eigenvalue weighted by atomic mass is 10.0. The Morgan fingerprint density at radius 3 is 2.58 bits per heavy atom. The summed E-state index contributed by atoms with van der Waals surface area (Å²) in [6.45, 7) is 9.97. The second kappa shape index (κ2) is 9.32. The molecule has 2 N–H and O–H groups in total. The average molecular weight is 269 g/mol. The number of carbonyl (C=O) groups is 1. The summed E-state index contributed by atoms with van der Waals surface area (Å²) in [5.41, 5.74) is 0. The van der Waals surface area contributed by atoms with Gasteiger partial charge in [-0.3, -0.25) is 9.69 Å². The van der Waals surface area contributed by atoms with E-state index in [1.165, 1.54) is 19.3 Å². The zero-order valence-corrected chi connectivity index (χ0v) is 12.9. The van der Waals surface area contributed by atoms with Gasteiger partial charge in [-0.25, -0.2) is 0 Å². The monoisotopic (exact) mass is 269 g/mol. The number of hydrogen-bond donors (Lipinski definition) is 2. The Morgan fingerprint density at radius 1 is 1.32 bits per heavy atom. The van der Waals surface area contributed by atoms with Crippen LogP contribution < -0.4 is 10.6 Å². The van der Waals surface area contributed by atoms with Gasteiger partial charge in [0, 0.05) is 18.6 Å². The molecule has 0 radical (unpaired) electrons. The van der Waals surface area contributed by atoms with Crippen LogP contribution in [0.15, 0.2) is 0 Å². The zero-order valence-electron chi connectivity index (χ0n) is 12.9. The lowest BCUT2D eigenvalue weighted by Gasteiger charge is -2.29. The van der Waals surface area contributed by atoms with Crippen molar-refractivity contribution in [3.63, 3.8) is 0 Å². The maximum absolute atomic E-state index is 12.0. The fraction of sp³-hybridized carbons (Fsp3) is 0.933. The van der Waals surface area contributed by atoms with Gasteiger partial charge in [-0.2, -0.15) is 0 Å². The van der Waals surface area contributed by atoms with Gasteiger partial charge < -0.3 is 10.6 Å². The van der Waals surface area contributed by atoms with Gasteiger partial charge in [0.05, 0.1) is 6.54 Å². The van der Waals surface area contributed by atoms with E-state index in [-0.39, 0.29) is 5.91 Å². The summed E-state index contributed by atoms with van der Waals surface area (Å²) < 4.78 is 0. The summed E-state index contributed by atoms with van der Waals surface area (Å²) in [7, 11) is 0. The molecule has 4 nitrogen and oxygen atoms in total. The van der Waals surface area contributed by atoms with Gasteiger partial charge in [0.2, 0.25) is 5.91 Å². The zero-order chi connectivity index (χ0) is 14.1. The fourth-order valence-electron chi connectivity index (χ4n) is 2.67. The number of piperidine rings is 1. The third kappa shape index (κ3) is 6.39. The van der Waals surface area contributed by atoms with Crippen LogP contribution in [-0.4, -0.2) is 49.1 Å². The molecular weight excluding hydrogens is 238 g/mol. The molecule has 0 bridgehead atoms. The largest absolute Gasteiger partial charge is 0.352 e. The maximum Gasteiger partial charge on any atom is 0.234 e. The summed E-state index contributed by atoms with van der Waals surface area (Å²) in [5, 5.41) is 6.66. The van der Waals surface area contributed by atoms with Crippen molar-refractivity contribution in [3.8, 4) is 0 Å². The number of nitrogens with zero attached hydrogens (tertiary/aromatic N) is 1. The molecule has 0 aromatic rings. The molecule has 1 heterocycles. The van der Waals surface area contributed by atoms with Crippen LogP contribution in [0.25, 0.3) is 0 Å². The summed E-state index contributed by atoms with van der Waals surface area (Å²) in [6.07, 6.45) is 5.87. The van der Waals surface area contributed by atoms with Gasteiger partial charge in [0.25, 0.3) is 0 Å². The second-order valence-corrected chi connectivity index (χ2v) is 5.56. The molecule has 1 saturated heterocycles. The molecule has 1 aliphatic heterocycles. The Morgan fingerprint density at radius 2 is 2.05 bits per heavy atom. The lowest BCUT2D eigenvalue weighted by Crippen LogP contribution is -2.47. The molecule has 0 aromatic heterocycles. The summed E-state index contributed by atoms with van der Waals surface area (Å²) >= 11 is 0. The van der Waals surface area contributed by atoms with Crippen LogP contribution in [-0.2, 0) is 4.79 Å². The minimum atomic E-state index is 0.173. The van der Waals surface area contributed by atoms with Gasteiger partial charge >= 0.3 is 0 Å². The molecule has 0 spiro atoms. The molecule has 1 amide bonds. The first-order valence-corrected chi connectivity index (χ1v) is 7.94. The third-order valence-electron chi connectivity index (χ3n) is 4.06. The van der Waals surface area contributed by atoms with Crippen LogP contribution in [0, 0.1) is 0 Å². The lowest BCUT2D eigenvalue weighted by molar-refractivity contribution is -0.123. The van der Waals surface area contributed by atoms with Crippen molar-refractivity contribution in [3.05, 3.63) is 0 Å². The quantitative estimate of drug-likeness (QED) is 0.706. The second-order valence-electron chi connectivity index (χ2n) is 5.56. The first kappa shape index (κ1) is 16.4. The fourth-order valence-corrected chi connectivity index (χ4v) is 2.67. The number of hydrogen-bond acceptors (Lipinski definition) is 3. The molecule has 0 aromatic carbocycles. The van der Waals surface area contributed by atoms with Crippen molar-refractivity contribution < 1.29 is 4.79 Å². The van der Waals surface area contributed by atoms with Crippen LogP contribution in [0.2, 0.25) is 0 Å². The maximum atomic E-state index is 12.0. The average Bonchev–Trinajstić information content (AvgIpc) is 2.45. The number of carbonyl (C=O) groups excluding carboxylic acids is 1. The summed E-state index contributed by atoms with van der Waals surface area (Å²) in [6, 6.07) is 0.897. The van der Waals surface area contributed by atoms with Gasteiger partial charge in [0.15, 0.2) is 0 Å². The van der Waals surface area contributed by atoms with E-state index in [9.17, 15) is 4.79 Å². The van der Waals surface area contributed by atoms with Crippen molar-refractivity contribution in [1.82, 2.24) is 15.5 Å². The van der Waals surface area contributed by atoms with Crippen LogP contribution in [0.3, 0.4) is 0 Å². The standard InChI is InChI=1S/C15H31N3O/c1-4-13(5-2)17-15(19)12-18(6-3)11-14-9-7-8-10-16-14/h13-14,16H,4-12H2,1-3H3,(H,17,19). The molecular formula is C15H31N3O. The van der Waals surface area contributed by atoms with E-state index in [1.54, 1.807) is 0 Å². The van der Waals surface area contributed by atoms with E-state index in [0.29, 0.717) is 18.6 Å². The van der Waals surface area contributed by atoms with E-state index in [4.69, 9.17) is 0 Å². The van der Waals surface area contributed by atoms with Gasteiger partial charge in [-0.15, -0.1) is 0 Å². The predicted molar refractivity (Wildman–Crippen MR) is 80.3 cm³/mol. The van der Waals surface area contributed by atoms with Crippen LogP contribution in [0.4, 0.5) is 0 Å². The smallest absolute Gasteiger partial charge is 0.234 e. The van der Waals surface area contributed by atoms with Crippen molar-refractivity contribution in [2.45, 2.75) is 65.0 Å². The van der Waals surface area contributed by atoms with Crippen LogP contribution in [0.5, 0.6) is 0 Å². The number of rotatable bonds is 8. The van der Waals surface area contributed by atoms with E-state index >= 15 is 0 Å². The third-order valence-corrected chi connectivity index (χ3v) is 4.06. The minimum Gasteiger partial charge on any atom is -0.352 e. The molecule has 1 atom stereocenters. The normalized spacial score (nSPS) is 19.9. The first-order valence-electron chi connectivity index (χ1n) is 7.94. The van der Waals surface area contributed by atoms with Crippen molar-refractivity contribution in [2.75, 3.05) is 26.2 Å². The van der Waals surface area contributed by atoms with Gasteiger partial charge in [-0.05, 0) is 38.8 Å². The Labute approximate surface area is 118 Å². The predicted octanol–water partition coefficient (Wildman–Crippen LogP) is 1.76. The van der Waals surface area contributed by atoms with Crippen LogP contribution in [0.1, 0.15) is 52.9 Å². The van der Waals surface area contributed by atoms with E-state index in [0.717, 1.165) is 32.5 Å². The molecule has 1 fully saturated rings. The van der Waals surface area contributed by atoms with Crippen LogP contribution >= 0.6 is 0 Å². The SMILES string of the molecule is CCC(CC)NC(=O)CN(CC)CC1CCCCN1. The number of likely N-dealkylation sites (N-methyl/N-ethyl adjacent to an activating group) is 1. The highest BCUT2D eigenvalue weighted by atomic mass is 16.2. The van der Waals surface area contributed by atoms with Crippen molar-refractivity contribution in [1.29, 1.82) is 0 Å². The highest BCUT2D eigenvalue weighted by molar-refractivity contribution is 5.78. The molecule has 112 valence electrons. The van der Waals surface area contributed by atoms with Crippen molar-refractivity contribution >= 4 is 5.91 Å². The molecule has 0 saturated carbocycles.